The van der Waals surface area contributed by atoms with Crippen LogP contribution in [0, 0.1) is 5.92 Å². The van der Waals surface area contributed by atoms with Gasteiger partial charge in [-0.2, -0.15) is 0 Å². The van der Waals surface area contributed by atoms with Crippen LogP contribution in [0.15, 0.2) is 53.9 Å². The van der Waals surface area contributed by atoms with Crippen LogP contribution >= 0.6 is 22.4 Å². The average molecular weight is 386 g/mol. The maximum Gasteiger partial charge on any atom is 0.162 e. The van der Waals surface area contributed by atoms with E-state index in [1.165, 1.54) is 12.8 Å². The fourth-order valence-electron chi connectivity index (χ4n) is 3.27. The highest BCUT2D eigenvalue weighted by atomic mass is 32.2. The largest absolute Gasteiger partial charge is 0.496 e. The molecular formula is C19H19N3O2S2. The number of imidazole rings is 1. The minimum absolute atomic E-state index is 0.532. The van der Waals surface area contributed by atoms with Gasteiger partial charge in [0, 0.05) is 21.2 Å². The molecule has 1 aliphatic heterocycles. The summed E-state index contributed by atoms with van der Waals surface area (Å²) < 4.78 is 7.54. The molecule has 26 heavy (non-hydrogen) atoms. The van der Waals surface area contributed by atoms with E-state index in [0.717, 1.165) is 31.9 Å². The van der Waals surface area contributed by atoms with Gasteiger partial charge in [0.2, 0.25) is 0 Å². The number of methoxy groups -OCH3 is 1. The minimum Gasteiger partial charge on any atom is -0.496 e. The third kappa shape index (κ3) is 2.58. The van der Waals surface area contributed by atoms with Crippen molar-refractivity contribution in [3.63, 3.8) is 0 Å². The second kappa shape index (κ2) is 6.26. The Balaban J connectivity index is 1.49. The zero-order chi connectivity index (χ0) is 17.7. The molecule has 1 N–H and O–H groups in total. The molecule has 2 aromatic heterocycles. The van der Waals surface area contributed by atoms with Crippen molar-refractivity contribution in [2.75, 3.05) is 7.11 Å². The summed E-state index contributed by atoms with van der Waals surface area (Å²) in [5.74, 6) is 2.25. The van der Waals surface area contributed by atoms with E-state index in [2.05, 4.69) is 15.0 Å². The number of benzene rings is 1. The summed E-state index contributed by atoms with van der Waals surface area (Å²) in [5.41, 5.74) is 0.491. The number of nitrogens with zero attached hydrogens (tertiary/aromatic N) is 3. The first-order valence-corrected chi connectivity index (χ1v) is 10.8. The van der Waals surface area contributed by atoms with Crippen LogP contribution in [-0.4, -0.2) is 26.2 Å². The number of aliphatic imine (C=N–C) groups is 1. The van der Waals surface area contributed by atoms with Crippen molar-refractivity contribution in [1.29, 1.82) is 0 Å². The highest BCUT2D eigenvalue weighted by Gasteiger charge is 2.39. The van der Waals surface area contributed by atoms with E-state index < -0.39 is 16.5 Å². The van der Waals surface area contributed by atoms with Gasteiger partial charge >= 0.3 is 0 Å². The minimum atomic E-state index is -0.930. The molecule has 0 radical (unpaired) electrons. The lowest BCUT2D eigenvalue weighted by Gasteiger charge is -2.25. The Hall–Kier alpha value is -2.09. The molecule has 7 heteroatoms. The predicted molar refractivity (Wildman–Crippen MR) is 108 cm³/mol. The standard InChI is InChI=1S/C19H19N3O2S2/c1-24-14-5-3-2-4-13(14)15-8-9-16(25-15)19(23)26-18(12-6-7-12)21-17-10-20-11-22(17)26/h2-5,8-12,19,23,26H,6-7H2,1H3. The summed E-state index contributed by atoms with van der Waals surface area (Å²) in [4.78, 5) is 11.0. The van der Waals surface area contributed by atoms with Gasteiger partial charge in [0.1, 0.15) is 17.5 Å². The molecule has 5 nitrogen and oxygen atoms in total. The Morgan fingerprint density at radius 1 is 1.27 bits per heavy atom. The van der Waals surface area contributed by atoms with Gasteiger partial charge in [0.05, 0.1) is 18.4 Å². The molecule has 1 saturated carbocycles. The summed E-state index contributed by atoms with van der Waals surface area (Å²) in [6, 6.07) is 12.1. The summed E-state index contributed by atoms with van der Waals surface area (Å²) in [7, 11) is 1.68. The Bertz CT molecular complexity index is 990. The number of ether oxygens (including phenoxy) is 1. The van der Waals surface area contributed by atoms with Crippen LogP contribution in [0.1, 0.15) is 23.2 Å². The second-order valence-corrected chi connectivity index (χ2v) is 9.64. The summed E-state index contributed by atoms with van der Waals surface area (Å²) in [6.45, 7) is 0. The topological polar surface area (TPSA) is 59.6 Å². The van der Waals surface area contributed by atoms with Gasteiger partial charge < -0.3 is 9.84 Å². The normalized spacial score (nSPS) is 21.3. The monoisotopic (exact) mass is 385 g/mol. The van der Waals surface area contributed by atoms with E-state index in [9.17, 15) is 5.11 Å². The Kier molecular flexibility index (Phi) is 3.88. The maximum atomic E-state index is 11.2. The van der Waals surface area contributed by atoms with Crippen molar-refractivity contribution in [3.05, 3.63) is 53.8 Å². The van der Waals surface area contributed by atoms with E-state index in [4.69, 9.17) is 9.73 Å². The van der Waals surface area contributed by atoms with Crippen molar-refractivity contribution in [2.45, 2.75) is 18.3 Å². The molecule has 0 amide bonds. The number of hydrogen-bond acceptors (Lipinski definition) is 5. The molecule has 0 spiro atoms. The van der Waals surface area contributed by atoms with Gasteiger partial charge in [-0.05, 0) is 37.1 Å². The van der Waals surface area contributed by atoms with E-state index in [1.54, 1.807) is 31.0 Å². The first-order valence-electron chi connectivity index (χ1n) is 8.58. The lowest BCUT2D eigenvalue weighted by molar-refractivity contribution is 0.272. The fraction of sp³-hybridized carbons (Fsp3) is 0.263. The second-order valence-electron chi connectivity index (χ2n) is 6.46. The molecule has 134 valence electrons. The molecule has 5 rings (SSSR count). The van der Waals surface area contributed by atoms with Crippen LogP contribution in [0.25, 0.3) is 10.4 Å². The number of aliphatic hydroxyl groups excluding tert-OH is 1. The first kappa shape index (κ1) is 16.1. The number of thiophene rings is 1. The smallest absolute Gasteiger partial charge is 0.162 e. The van der Waals surface area contributed by atoms with Crippen LogP contribution in [-0.2, 0) is 0 Å². The molecule has 0 bridgehead atoms. The number of thiol groups is 1. The van der Waals surface area contributed by atoms with Crippen molar-refractivity contribution in [1.82, 2.24) is 8.96 Å². The van der Waals surface area contributed by atoms with Gasteiger partial charge in [0.15, 0.2) is 5.82 Å². The van der Waals surface area contributed by atoms with Gasteiger partial charge in [-0.1, -0.05) is 23.2 Å². The molecule has 2 unspecified atom stereocenters. The van der Waals surface area contributed by atoms with E-state index >= 15 is 0 Å². The number of rotatable bonds is 5. The zero-order valence-electron chi connectivity index (χ0n) is 14.2. The van der Waals surface area contributed by atoms with Crippen LogP contribution in [0.5, 0.6) is 5.75 Å². The Morgan fingerprint density at radius 3 is 2.92 bits per heavy atom. The molecule has 2 aliphatic rings. The molecular weight excluding hydrogens is 366 g/mol. The average Bonchev–Trinajstić information content (AvgIpc) is 3.09. The van der Waals surface area contributed by atoms with Gasteiger partial charge in [-0.15, -0.1) is 11.3 Å². The summed E-state index contributed by atoms with van der Waals surface area (Å²) >= 11 is 0.690. The molecule has 2 atom stereocenters. The van der Waals surface area contributed by atoms with Gasteiger partial charge in [0.25, 0.3) is 0 Å². The molecule has 0 saturated heterocycles. The van der Waals surface area contributed by atoms with Gasteiger partial charge in [-0.25, -0.2) is 9.98 Å². The number of hydrogen-bond donors (Lipinski definition) is 2. The Labute approximate surface area is 158 Å². The predicted octanol–water partition coefficient (Wildman–Crippen LogP) is 4.53. The number of aromatic nitrogens is 2. The molecule has 1 fully saturated rings. The number of aliphatic hydroxyl groups is 1. The Morgan fingerprint density at radius 2 is 2.12 bits per heavy atom. The van der Waals surface area contributed by atoms with Crippen molar-refractivity contribution < 1.29 is 9.84 Å². The van der Waals surface area contributed by atoms with Crippen LogP contribution in [0.4, 0.5) is 5.82 Å². The first-order chi connectivity index (χ1) is 12.8. The lowest BCUT2D eigenvalue weighted by Crippen LogP contribution is -2.10. The van der Waals surface area contributed by atoms with E-state index in [0.29, 0.717) is 5.92 Å². The molecule has 3 heterocycles. The zero-order valence-corrected chi connectivity index (χ0v) is 16.0. The van der Waals surface area contributed by atoms with Gasteiger partial charge in [-0.3, -0.25) is 3.97 Å². The third-order valence-corrected chi connectivity index (χ3v) is 8.52. The molecule has 3 aromatic rings. The van der Waals surface area contributed by atoms with E-state index in [1.807, 2.05) is 30.3 Å². The van der Waals surface area contributed by atoms with Crippen molar-refractivity contribution in [2.24, 2.45) is 10.9 Å². The third-order valence-electron chi connectivity index (χ3n) is 4.72. The number of para-hydroxylation sites is 1. The SMILES string of the molecule is COc1ccccc1-c1ccc(C(O)[SH]2C(C3CC3)=Nc3cncn32)s1. The van der Waals surface area contributed by atoms with Crippen molar-refractivity contribution in [3.8, 4) is 16.2 Å². The lowest BCUT2D eigenvalue weighted by atomic mass is 10.1. The molecule has 1 aliphatic carbocycles. The summed E-state index contributed by atoms with van der Waals surface area (Å²) in [6.07, 6.45) is 5.95. The quantitative estimate of drug-likeness (QED) is 0.635. The highest BCUT2D eigenvalue weighted by molar-refractivity contribution is 8.29. The number of fused-ring (bicyclic) bond motifs is 1. The van der Waals surface area contributed by atoms with Crippen LogP contribution in [0.2, 0.25) is 0 Å². The fourth-order valence-corrected chi connectivity index (χ4v) is 7.00. The van der Waals surface area contributed by atoms with Crippen LogP contribution < -0.4 is 4.74 Å². The van der Waals surface area contributed by atoms with E-state index in [-0.39, 0.29) is 0 Å². The highest BCUT2D eigenvalue weighted by Crippen LogP contribution is 2.57. The maximum absolute atomic E-state index is 11.2. The summed E-state index contributed by atoms with van der Waals surface area (Å²) in [5, 5.41) is 12.4. The van der Waals surface area contributed by atoms with Crippen molar-refractivity contribution >= 4 is 33.3 Å². The molecule has 1 aromatic carbocycles. The van der Waals surface area contributed by atoms with Crippen LogP contribution in [0.3, 0.4) is 0 Å².